The molecule has 0 aromatic carbocycles. The van der Waals surface area contributed by atoms with Crippen molar-refractivity contribution in [1.29, 1.82) is 0 Å². The SMILES string of the molecule is CCCCCCC(CCC(C)O)S(=O)(=O)O. The van der Waals surface area contributed by atoms with Crippen molar-refractivity contribution in [1.82, 2.24) is 0 Å². The monoisotopic (exact) mass is 252 g/mol. The van der Waals surface area contributed by atoms with Crippen LogP contribution in [-0.4, -0.2) is 29.4 Å². The number of rotatable bonds is 9. The van der Waals surface area contributed by atoms with E-state index in [4.69, 9.17) is 9.66 Å². The fraction of sp³-hybridized carbons (Fsp3) is 1.00. The van der Waals surface area contributed by atoms with E-state index < -0.39 is 21.5 Å². The predicted octanol–water partition coefficient (Wildman–Crippen LogP) is 2.37. The van der Waals surface area contributed by atoms with Gasteiger partial charge in [0.05, 0.1) is 11.4 Å². The summed E-state index contributed by atoms with van der Waals surface area (Å²) in [6, 6.07) is 0. The molecule has 2 N–H and O–H groups in total. The maximum absolute atomic E-state index is 11.1. The second-order valence-corrected chi connectivity index (χ2v) is 6.11. The lowest BCUT2D eigenvalue weighted by Crippen LogP contribution is -2.22. The smallest absolute Gasteiger partial charge is 0.267 e. The summed E-state index contributed by atoms with van der Waals surface area (Å²) >= 11 is 0. The highest BCUT2D eigenvalue weighted by Crippen LogP contribution is 2.17. The Bertz CT molecular complexity index is 259. The lowest BCUT2D eigenvalue weighted by atomic mass is 10.1. The number of aliphatic hydroxyl groups excluding tert-OH is 1. The van der Waals surface area contributed by atoms with Gasteiger partial charge in [0.1, 0.15) is 0 Å². The molecule has 0 aliphatic heterocycles. The van der Waals surface area contributed by atoms with Crippen LogP contribution in [0.5, 0.6) is 0 Å². The van der Waals surface area contributed by atoms with Crippen molar-refractivity contribution in [2.75, 3.05) is 0 Å². The molecule has 98 valence electrons. The van der Waals surface area contributed by atoms with E-state index in [1.54, 1.807) is 6.92 Å². The van der Waals surface area contributed by atoms with Crippen LogP contribution in [0.15, 0.2) is 0 Å². The molecule has 0 aliphatic rings. The minimum atomic E-state index is -3.96. The number of hydrogen-bond acceptors (Lipinski definition) is 3. The minimum Gasteiger partial charge on any atom is -0.393 e. The average molecular weight is 252 g/mol. The van der Waals surface area contributed by atoms with E-state index in [0.717, 1.165) is 25.7 Å². The molecule has 0 radical (unpaired) electrons. The molecule has 0 bridgehead atoms. The summed E-state index contributed by atoms with van der Waals surface area (Å²) in [5.41, 5.74) is 0. The van der Waals surface area contributed by atoms with Crippen LogP contribution in [0.25, 0.3) is 0 Å². The first-order chi connectivity index (χ1) is 7.38. The molecular weight excluding hydrogens is 228 g/mol. The first-order valence-corrected chi connectivity index (χ1v) is 7.52. The summed E-state index contributed by atoms with van der Waals surface area (Å²) in [6.45, 7) is 3.71. The Morgan fingerprint density at radius 2 is 1.69 bits per heavy atom. The maximum Gasteiger partial charge on any atom is 0.267 e. The highest BCUT2D eigenvalue weighted by atomic mass is 32.2. The van der Waals surface area contributed by atoms with Gasteiger partial charge in [0.15, 0.2) is 0 Å². The molecule has 5 heteroatoms. The summed E-state index contributed by atoms with van der Waals surface area (Å²) in [6.07, 6.45) is 4.74. The van der Waals surface area contributed by atoms with E-state index in [1.807, 2.05) is 0 Å². The highest BCUT2D eigenvalue weighted by Gasteiger charge is 2.22. The Hall–Kier alpha value is -0.130. The zero-order valence-electron chi connectivity index (χ0n) is 10.2. The predicted molar refractivity (Wildman–Crippen MR) is 65.0 cm³/mol. The highest BCUT2D eigenvalue weighted by molar-refractivity contribution is 7.86. The van der Waals surface area contributed by atoms with Gasteiger partial charge >= 0.3 is 0 Å². The van der Waals surface area contributed by atoms with Crippen LogP contribution < -0.4 is 0 Å². The Labute approximate surface area is 98.8 Å². The molecule has 0 amide bonds. The van der Waals surface area contributed by atoms with Crippen molar-refractivity contribution < 1.29 is 18.1 Å². The molecule has 0 rings (SSSR count). The van der Waals surface area contributed by atoms with Crippen LogP contribution in [0.2, 0.25) is 0 Å². The van der Waals surface area contributed by atoms with E-state index in [2.05, 4.69) is 6.92 Å². The van der Waals surface area contributed by atoms with Crippen LogP contribution in [0.3, 0.4) is 0 Å². The Kier molecular flexibility index (Phi) is 7.97. The third-order valence-electron chi connectivity index (χ3n) is 2.71. The lowest BCUT2D eigenvalue weighted by molar-refractivity contribution is 0.180. The van der Waals surface area contributed by atoms with Gasteiger partial charge in [-0.05, 0) is 26.2 Å². The van der Waals surface area contributed by atoms with Crippen LogP contribution in [-0.2, 0) is 10.1 Å². The molecule has 0 heterocycles. The van der Waals surface area contributed by atoms with Crippen LogP contribution in [0.4, 0.5) is 0 Å². The lowest BCUT2D eigenvalue weighted by Gasteiger charge is -2.14. The van der Waals surface area contributed by atoms with E-state index in [9.17, 15) is 8.42 Å². The molecule has 0 aromatic heterocycles. The zero-order chi connectivity index (χ0) is 12.6. The molecule has 16 heavy (non-hydrogen) atoms. The Morgan fingerprint density at radius 3 is 2.12 bits per heavy atom. The van der Waals surface area contributed by atoms with Crippen molar-refractivity contribution in [2.45, 2.75) is 70.1 Å². The normalized spacial score (nSPS) is 16.0. The fourth-order valence-electron chi connectivity index (χ4n) is 1.67. The van der Waals surface area contributed by atoms with Crippen molar-refractivity contribution in [2.24, 2.45) is 0 Å². The summed E-state index contributed by atoms with van der Waals surface area (Å²) in [4.78, 5) is 0. The van der Waals surface area contributed by atoms with Crippen LogP contribution >= 0.6 is 0 Å². The van der Waals surface area contributed by atoms with Crippen molar-refractivity contribution in [3.05, 3.63) is 0 Å². The number of hydrogen-bond donors (Lipinski definition) is 2. The summed E-state index contributed by atoms with van der Waals surface area (Å²) < 4.78 is 31.2. The molecular formula is C11H24O4S. The molecule has 0 saturated carbocycles. The summed E-state index contributed by atoms with van der Waals surface area (Å²) in [7, 11) is -3.96. The second-order valence-electron chi connectivity index (χ2n) is 4.41. The zero-order valence-corrected chi connectivity index (χ0v) is 11.0. The molecule has 0 saturated heterocycles. The third kappa shape index (κ3) is 8.07. The minimum absolute atomic E-state index is 0.336. The van der Waals surface area contributed by atoms with E-state index >= 15 is 0 Å². The number of aliphatic hydroxyl groups is 1. The van der Waals surface area contributed by atoms with Crippen LogP contribution in [0.1, 0.15) is 58.8 Å². The van der Waals surface area contributed by atoms with Gasteiger partial charge < -0.3 is 5.11 Å². The molecule has 0 aliphatic carbocycles. The quantitative estimate of drug-likeness (QED) is 0.488. The Balaban J connectivity index is 4.03. The van der Waals surface area contributed by atoms with Crippen molar-refractivity contribution in [3.8, 4) is 0 Å². The first kappa shape index (κ1) is 15.9. The molecule has 4 nitrogen and oxygen atoms in total. The van der Waals surface area contributed by atoms with Gasteiger partial charge in [0, 0.05) is 0 Å². The average Bonchev–Trinajstić information content (AvgIpc) is 2.14. The fourth-order valence-corrected chi connectivity index (χ4v) is 2.57. The summed E-state index contributed by atoms with van der Waals surface area (Å²) in [5, 5.41) is 8.39. The van der Waals surface area contributed by atoms with Gasteiger partial charge in [-0.3, -0.25) is 4.55 Å². The maximum atomic E-state index is 11.1. The standard InChI is InChI=1S/C11H24O4S/c1-3-4-5-6-7-11(16(13,14)15)9-8-10(2)12/h10-12H,3-9H2,1-2H3,(H,13,14,15). The van der Waals surface area contributed by atoms with Gasteiger partial charge in [-0.1, -0.05) is 32.6 Å². The first-order valence-electron chi connectivity index (χ1n) is 6.02. The number of unbranched alkanes of at least 4 members (excludes halogenated alkanes) is 3. The second kappa shape index (κ2) is 8.03. The third-order valence-corrected chi connectivity index (χ3v) is 4.02. The molecule has 2 unspecified atom stereocenters. The van der Waals surface area contributed by atoms with Gasteiger partial charge in [-0.25, -0.2) is 0 Å². The molecule has 0 spiro atoms. The molecule has 0 aromatic rings. The van der Waals surface area contributed by atoms with Gasteiger partial charge in [0.2, 0.25) is 0 Å². The molecule has 0 fully saturated rings. The molecule has 2 atom stereocenters. The van der Waals surface area contributed by atoms with Crippen LogP contribution in [0, 0.1) is 0 Å². The van der Waals surface area contributed by atoms with E-state index in [0.29, 0.717) is 19.3 Å². The Morgan fingerprint density at radius 1 is 1.06 bits per heavy atom. The largest absolute Gasteiger partial charge is 0.393 e. The van der Waals surface area contributed by atoms with Gasteiger partial charge in [-0.15, -0.1) is 0 Å². The van der Waals surface area contributed by atoms with Gasteiger partial charge in [-0.2, -0.15) is 8.42 Å². The van der Waals surface area contributed by atoms with Gasteiger partial charge in [0.25, 0.3) is 10.1 Å². The van der Waals surface area contributed by atoms with E-state index in [1.165, 1.54) is 0 Å². The summed E-state index contributed by atoms with van der Waals surface area (Å²) in [5.74, 6) is 0. The van der Waals surface area contributed by atoms with E-state index in [-0.39, 0.29) is 0 Å². The van der Waals surface area contributed by atoms with Crippen molar-refractivity contribution >= 4 is 10.1 Å². The van der Waals surface area contributed by atoms with Crippen molar-refractivity contribution in [3.63, 3.8) is 0 Å². The topological polar surface area (TPSA) is 74.6 Å².